The zero-order valence-corrected chi connectivity index (χ0v) is 14.9. The Morgan fingerprint density at radius 2 is 2.04 bits per heavy atom. The van der Waals surface area contributed by atoms with Crippen LogP contribution in [0, 0.1) is 0 Å². The van der Waals surface area contributed by atoms with Crippen molar-refractivity contribution in [3.05, 3.63) is 58.8 Å². The minimum atomic E-state index is -0.961. The van der Waals surface area contributed by atoms with Gasteiger partial charge in [0.2, 0.25) is 5.88 Å². The number of pyridine rings is 1. The minimum Gasteiger partial charge on any atom is -0.478 e. The highest BCUT2D eigenvalue weighted by Gasteiger charge is 2.23. The molecule has 0 aliphatic carbocycles. The van der Waals surface area contributed by atoms with Gasteiger partial charge in [0, 0.05) is 30.9 Å². The Kier molecular flexibility index (Phi) is 5.21. The van der Waals surface area contributed by atoms with E-state index in [-0.39, 0.29) is 17.6 Å². The fraction of sp³-hybridized carbons (Fsp3) is 0.350. The molecule has 1 aliphatic heterocycles. The first kappa shape index (κ1) is 17.9. The first-order valence-corrected chi connectivity index (χ1v) is 8.75. The highest BCUT2D eigenvalue weighted by Crippen LogP contribution is 2.23. The largest absolute Gasteiger partial charge is 0.478 e. The summed E-state index contributed by atoms with van der Waals surface area (Å²) >= 11 is 0. The van der Waals surface area contributed by atoms with Crippen molar-refractivity contribution in [1.82, 2.24) is 9.88 Å². The monoisotopic (exact) mass is 354 g/mol. The highest BCUT2D eigenvalue weighted by molar-refractivity contribution is 5.94. The molecule has 1 aromatic carbocycles. The number of hydrogen-bond donors (Lipinski definition) is 1. The van der Waals surface area contributed by atoms with Crippen molar-refractivity contribution >= 4 is 11.9 Å². The third kappa shape index (κ3) is 3.85. The number of hydrogen-bond acceptors (Lipinski definition) is 4. The number of nitrogens with zero attached hydrogens (tertiary/aromatic N) is 2. The Bertz CT molecular complexity index is 834. The van der Waals surface area contributed by atoms with Gasteiger partial charge in [-0.3, -0.25) is 4.79 Å². The standard InChI is InChI=1S/C20H22N2O4/c1-3-13(2)26-18-11-15(6-8-21-18)19(23)22-9-7-14-4-5-16(20(24)25)10-17(14)12-22/h4-6,8,10-11,13H,3,7,9,12H2,1-2H3,(H,24,25). The summed E-state index contributed by atoms with van der Waals surface area (Å²) < 4.78 is 5.69. The van der Waals surface area contributed by atoms with Gasteiger partial charge in [0.1, 0.15) is 0 Å². The van der Waals surface area contributed by atoms with Crippen LogP contribution in [-0.2, 0) is 13.0 Å². The maximum atomic E-state index is 12.9. The number of aromatic carboxylic acids is 1. The Morgan fingerprint density at radius 3 is 2.77 bits per heavy atom. The van der Waals surface area contributed by atoms with Crippen molar-refractivity contribution < 1.29 is 19.4 Å². The van der Waals surface area contributed by atoms with Gasteiger partial charge in [0.05, 0.1) is 11.7 Å². The third-order valence-electron chi connectivity index (χ3n) is 4.63. The van der Waals surface area contributed by atoms with E-state index in [1.165, 1.54) is 0 Å². The number of amides is 1. The molecule has 0 saturated carbocycles. The van der Waals surface area contributed by atoms with Gasteiger partial charge in [-0.05, 0) is 49.1 Å². The molecule has 136 valence electrons. The lowest BCUT2D eigenvalue weighted by atomic mass is 9.97. The first-order chi connectivity index (χ1) is 12.5. The highest BCUT2D eigenvalue weighted by atomic mass is 16.5. The average Bonchev–Trinajstić information content (AvgIpc) is 2.66. The molecule has 0 saturated heterocycles. The number of carboxylic acid groups (broad SMARTS) is 1. The number of carbonyl (C=O) groups is 2. The van der Waals surface area contributed by atoms with Gasteiger partial charge in [0.15, 0.2) is 0 Å². The van der Waals surface area contributed by atoms with E-state index in [1.54, 1.807) is 35.4 Å². The average molecular weight is 354 g/mol. The normalized spacial score (nSPS) is 14.5. The fourth-order valence-corrected chi connectivity index (χ4v) is 2.94. The van der Waals surface area contributed by atoms with Crippen molar-refractivity contribution in [3.63, 3.8) is 0 Å². The smallest absolute Gasteiger partial charge is 0.335 e. The lowest BCUT2D eigenvalue weighted by Gasteiger charge is -2.29. The van der Waals surface area contributed by atoms with Crippen LogP contribution in [0.1, 0.15) is 52.1 Å². The molecule has 1 atom stereocenters. The van der Waals surface area contributed by atoms with E-state index in [0.29, 0.717) is 31.0 Å². The molecule has 1 amide bonds. The van der Waals surface area contributed by atoms with Crippen LogP contribution in [-0.4, -0.2) is 39.5 Å². The predicted octanol–water partition coefficient (Wildman–Crippen LogP) is 3.16. The van der Waals surface area contributed by atoms with Gasteiger partial charge in [-0.15, -0.1) is 0 Å². The number of ether oxygens (including phenoxy) is 1. The molecule has 0 fully saturated rings. The molecule has 1 aliphatic rings. The number of benzene rings is 1. The van der Waals surface area contributed by atoms with Gasteiger partial charge in [0.25, 0.3) is 5.91 Å². The van der Waals surface area contributed by atoms with Gasteiger partial charge in [-0.25, -0.2) is 9.78 Å². The van der Waals surface area contributed by atoms with Gasteiger partial charge in [-0.2, -0.15) is 0 Å². The van der Waals surface area contributed by atoms with Crippen LogP contribution in [0.2, 0.25) is 0 Å². The minimum absolute atomic E-state index is 0.0316. The summed E-state index contributed by atoms with van der Waals surface area (Å²) in [5.74, 6) is -0.624. The third-order valence-corrected chi connectivity index (χ3v) is 4.63. The molecule has 0 bridgehead atoms. The molecule has 2 aromatic rings. The number of rotatable bonds is 5. The maximum Gasteiger partial charge on any atom is 0.335 e. The molecule has 3 rings (SSSR count). The van der Waals surface area contributed by atoms with Crippen LogP contribution >= 0.6 is 0 Å². The lowest BCUT2D eigenvalue weighted by Crippen LogP contribution is -2.36. The quantitative estimate of drug-likeness (QED) is 0.892. The summed E-state index contributed by atoms with van der Waals surface area (Å²) in [7, 11) is 0. The molecule has 0 spiro atoms. The molecule has 1 N–H and O–H groups in total. The summed E-state index contributed by atoms with van der Waals surface area (Å²) in [6, 6.07) is 8.44. The van der Waals surface area contributed by atoms with E-state index in [9.17, 15) is 9.59 Å². The summed E-state index contributed by atoms with van der Waals surface area (Å²) in [6.45, 7) is 4.98. The van der Waals surface area contributed by atoms with E-state index in [4.69, 9.17) is 9.84 Å². The van der Waals surface area contributed by atoms with Gasteiger partial charge >= 0.3 is 5.97 Å². The van der Waals surface area contributed by atoms with Crippen molar-refractivity contribution in [2.45, 2.75) is 39.3 Å². The van der Waals surface area contributed by atoms with E-state index >= 15 is 0 Å². The van der Waals surface area contributed by atoms with Crippen LogP contribution in [0.5, 0.6) is 5.88 Å². The van der Waals surface area contributed by atoms with E-state index in [0.717, 1.165) is 17.5 Å². The summed E-state index contributed by atoms with van der Waals surface area (Å²) in [5, 5.41) is 9.16. The summed E-state index contributed by atoms with van der Waals surface area (Å²) in [6.07, 6.45) is 3.17. The van der Waals surface area contributed by atoms with Crippen molar-refractivity contribution in [2.75, 3.05) is 6.54 Å². The molecule has 2 heterocycles. The maximum absolute atomic E-state index is 12.9. The SMILES string of the molecule is CCC(C)Oc1cc(C(=O)N2CCc3ccc(C(=O)O)cc3C2)ccn1. The molecule has 1 unspecified atom stereocenters. The van der Waals surface area contributed by atoms with E-state index in [1.807, 2.05) is 19.9 Å². The van der Waals surface area contributed by atoms with Crippen LogP contribution in [0.4, 0.5) is 0 Å². The van der Waals surface area contributed by atoms with Crippen LogP contribution in [0.3, 0.4) is 0 Å². The number of aromatic nitrogens is 1. The molecule has 0 radical (unpaired) electrons. The summed E-state index contributed by atoms with van der Waals surface area (Å²) in [4.78, 5) is 29.9. The molecule has 26 heavy (non-hydrogen) atoms. The second-order valence-corrected chi connectivity index (χ2v) is 6.48. The second kappa shape index (κ2) is 7.56. The Balaban J connectivity index is 1.78. The Hall–Kier alpha value is -2.89. The molecule has 1 aromatic heterocycles. The number of fused-ring (bicyclic) bond motifs is 1. The molecular formula is C20H22N2O4. The zero-order chi connectivity index (χ0) is 18.7. The number of carbonyl (C=O) groups excluding carboxylic acids is 1. The lowest BCUT2D eigenvalue weighted by molar-refractivity contribution is 0.0696. The van der Waals surface area contributed by atoms with Crippen LogP contribution in [0.25, 0.3) is 0 Å². The number of carboxylic acids is 1. The fourth-order valence-electron chi connectivity index (χ4n) is 2.94. The van der Waals surface area contributed by atoms with E-state index < -0.39 is 5.97 Å². The summed E-state index contributed by atoms with van der Waals surface area (Å²) in [5.41, 5.74) is 2.74. The van der Waals surface area contributed by atoms with Crippen LogP contribution in [0.15, 0.2) is 36.5 Å². The van der Waals surface area contributed by atoms with Crippen molar-refractivity contribution in [1.29, 1.82) is 0 Å². The van der Waals surface area contributed by atoms with Crippen molar-refractivity contribution in [3.8, 4) is 5.88 Å². The van der Waals surface area contributed by atoms with Crippen molar-refractivity contribution in [2.24, 2.45) is 0 Å². The van der Waals surface area contributed by atoms with Gasteiger partial charge in [-0.1, -0.05) is 13.0 Å². The Morgan fingerprint density at radius 1 is 1.23 bits per heavy atom. The van der Waals surface area contributed by atoms with E-state index in [2.05, 4.69) is 4.98 Å². The topological polar surface area (TPSA) is 79.7 Å². The first-order valence-electron chi connectivity index (χ1n) is 8.75. The molecule has 6 heteroatoms. The predicted molar refractivity (Wildman–Crippen MR) is 96.5 cm³/mol. The van der Waals surface area contributed by atoms with Crippen LogP contribution < -0.4 is 4.74 Å². The Labute approximate surface area is 152 Å². The second-order valence-electron chi connectivity index (χ2n) is 6.48. The van der Waals surface area contributed by atoms with Gasteiger partial charge < -0.3 is 14.7 Å². The molecule has 6 nitrogen and oxygen atoms in total. The zero-order valence-electron chi connectivity index (χ0n) is 14.9. The molecular weight excluding hydrogens is 332 g/mol.